The molecule has 7 nitrogen and oxygen atoms in total. The minimum Gasteiger partial charge on any atom is -0.493 e. The molecule has 0 unspecified atom stereocenters. The number of aromatic nitrogens is 2. The number of imidazole rings is 1. The number of anilines is 1. The van der Waals surface area contributed by atoms with E-state index in [2.05, 4.69) is 37.3 Å². The summed E-state index contributed by atoms with van der Waals surface area (Å²) in [4.78, 5) is 19.9. The van der Waals surface area contributed by atoms with E-state index >= 15 is 0 Å². The van der Waals surface area contributed by atoms with Crippen LogP contribution in [0.1, 0.15) is 17.0 Å². The summed E-state index contributed by atoms with van der Waals surface area (Å²) in [6.45, 7) is 1.71. The van der Waals surface area contributed by atoms with Gasteiger partial charge in [0.2, 0.25) is 0 Å². The maximum atomic E-state index is 13.0. The second-order valence-corrected chi connectivity index (χ2v) is 8.50. The number of nitrogens with zero attached hydrogens (tertiary/aromatic N) is 2. The van der Waals surface area contributed by atoms with E-state index in [1.807, 2.05) is 25.1 Å². The molecule has 3 aromatic carbocycles. The SMILES string of the molecule is COc1cc(/C=C(/C#N)c2nc3ccc(C)cc3[nH]2)c(Br)cc1OCC(=O)Nc1ccc(F)cc1. The van der Waals surface area contributed by atoms with Crippen molar-refractivity contribution in [3.05, 3.63) is 81.8 Å². The van der Waals surface area contributed by atoms with Crippen molar-refractivity contribution in [3.63, 3.8) is 0 Å². The number of methoxy groups -OCH3 is 1. The highest BCUT2D eigenvalue weighted by atomic mass is 79.9. The van der Waals surface area contributed by atoms with Gasteiger partial charge >= 0.3 is 0 Å². The number of ether oxygens (including phenoxy) is 2. The van der Waals surface area contributed by atoms with Crippen molar-refractivity contribution in [2.45, 2.75) is 6.92 Å². The fourth-order valence-electron chi connectivity index (χ4n) is 3.37. The number of H-pyrrole nitrogens is 1. The number of aromatic amines is 1. The third-order valence-electron chi connectivity index (χ3n) is 5.08. The van der Waals surface area contributed by atoms with Crippen molar-refractivity contribution < 1.29 is 18.7 Å². The van der Waals surface area contributed by atoms with Crippen LogP contribution in [0.25, 0.3) is 22.7 Å². The zero-order chi connectivity index (χ0) is 24.9. The molecule has 4 rings (SSSR count). The quantitative estimate of drug-likeness (QED) is 0.289. The summed E-state index contributed by atoms with van der Waals surface area (Å²) in [6, 6.07) is 16.8. The highest BCUT2D eigenvalue weighted by molar-refractivity contribution is 9.10. The standard InChI is InChI=1S/C26H20BrFN4O3/c1-15-3-8-21-22(9-15)32-26(31-21)17(13-29)10-16-11-23(34-2)24(12-20(16)27)35-14-25(33)30-19-6-4-18(28)5-7-19/h3-12H,14H2,1-2H3,(H,30,33)(H,31,32)/b17-10-. The molecule has 0 aliphatic carbocycles. The second kappa shape index (κ2) is 10.4. The molecular formula is C26H20BrFN4O3. The van der Waals surface area contributed by atoms with Crippen LogP contribution in [0, 0.1) is 24.1 Å². The monoisotopic (exact) mass is 534 g/mol. The predicted octanol–water partition coefficient (Wildman–Crippen LogP) is 5.86. The lowest BCUT2D eigenvalue weighted by atomic mass is 10.1. The zero-order valence-corrected chi connectivity index (χ0v) is 20.4. The molecule has 0 aliphatic heterocycles. The Hall–Kier alpha value is -4.16. The van der Waals surface area contributed by atoms with E-state index < -0.39 is 11.7 Å². The molecule has 0 saturated heterocycles. The first-order chi connectivity index (χ1) is 16.9. The molecule has 4 aromatic rings. The number of hydrogen-bond acceptors (Lipinski definition) is 5. The van der Waals surface area contributed by atoms with Crippen molar-refractivity contribution in [2.75, 3.05) is 19.0 Å². The van der Waals surface area contributed by atoms with Gasteiger partial charge in [-0.1, -0.05) is 22.0 Å². The van der Waals surface area contributed by atoms with E-state index in [0.29, 0.717) is 38.6 Å². The number of carbonyl (C=O) groups excluding carboxylic acids is 1. The lowest BCUT2D eigenvalue weighted by Crippen LogP contribution is -2.20. The van der Waals surface area contributed by atoms with Crippen LogP contribution in [0.2, 0.25) is 0 Å². The molecule has 1 amide bonds. The lowest BCUT2D eigenvalue weighted by molar-refractivity contribution is -0.118. The molecule has 0 saturated carbocycles. The van der Waals surface area contributed by atoms with E-state index in [4.69, 9.17) is 9.47 Å². The molecule has 9 heteroatoms. The number of hydrogen-bond donors (Lipinski definition) is 2. The molecule has 1 aromatic heterocycles. The largest absolute Gasteiger partial charge is 0.493 e. The number of aryl methyl sites for hydroxylation is 1. The fourth-order valence-corrected chi connectivity index (χ4v) is 3.80. The van der Waals surface area contributed by atoms with Crippen molar-refractivity contribution in [2.24, 2.45) is 0 Å². The van der Waals surface area contributed by atoms with Crippen molar-refractivity contribution in [3.8, 4) is 17.6 Å². The van der Waals surface area contributed by atoms with E-state index in [-0.39, 0.29) is 6.61 Å². The maximum absolute atomic E-state index is 13.0. The number of rotatable bonds is 7. The molecular weight excluding hydrogens is 515 g/mol. The number of carbonyl (C=O) groups is 1. The highest BCUT2D eigenvalue weighted by Crippen LogP contribution is 2.35. The normalized spacial score (nSPS) is 11.2. The summed E-state index contributed by atoms with van der Waals surface area (Å²) in [5, 5.41) is 12.4. The zero-order valence-electron chi connectivity index (χ0n) is 18.9. The first kappa shape index (κ1) is 24.0. The van der Waals surface area contributed by atoms with Gasteiger partial charge in [-0.05, 0) is 72.7 Å². The Morgan fingerprint density at radius 2 is 1.97 bits per heavy atom. The third-order valence-corrected chi connectivity index (χ3v) is 5.77. The molecule has 0 atom stereocenters. The van der Waals surface area contributed by atoms with E-state index in [1.165, 1.54) is 31.4 Å². The molecule has 35 heavy (non-hydrogen) atoms. The molecule has 0 radical (unpaired) electrons. The van der Waals surface area contributed by atoms with Crippen molar-refractivity contribution in [1.29, 1.82) is 5.26 Å². The van der Waals surface area contributed by atoms with E-state index in [0.717, 1.165) is 16.6 Å². The van der Waals surface area contributed by atoms with Crippen LogP contribution in [-0.2, 0) is 4.79 Å². The van der Waals surface area contributed by atoms with Gasteiger partial charge in [-0.2, -0.15) is 5.26 Å². The average Bonchev–Trinajstić information content (AvgIpc) is 3.26. The topological polar surface area (TPSA) is 100 Å². The number of nitriles is 1. The summed E-state index contributed by atoms with van der Waals surface area (Å²) in [5.74, 6) is 0.371. The molecule has 2 N–H and O–H groups in total. The van der Waals surface area contributed by atoms with Crippen LogP contribution < -0.4 is 14.8 Å². The number of amides is 1. The number of allylic oxidation sites excluding steroid dienone is 1. The van der Waals surface area contributed by atoms with Crippen LogP contribution in [-0.4, -0.2) is 29.6 Å². The predicted molar refractivity (Wildman–Crippen MR) is 136 cm³/mol. The number of fused-ring (bicyclic) bond motifs is 1. The highest BCUT2D eigenvalue weighted by Gasteiger charge is 2.14. The minimum absolute atomic E-state index is 0.281. The van der Waals surface area contributed by atoms with Gasteiger partial charge in [0.25, 0.3) is 5.91 Å². The Bertz CT molecular complexity index is 1470. The second-order valence-electron chi connectivity index (χ2n) is 7.64. The van der Waals surface area contributed by atoms with E-state index in [9.17, 15) is 14.4 Å². The molecule has 0 aliphatic rings. The Balaban J connectivity index is 1.54. The lowest BCUT2D eigenvalue weighted by Gasteiger charge is -2.13. The van der Waals surface area contributed by atoms with Crippen LogP contribution in [0.4, 0.5) is 10.1 Å². The van der Waals surface area contributed by atoms with Crippen LogP contribution in [0.15, 0.2) is 59.1 Å². The fraction of sp³-hybridized carbons (Fsp3) is 0.115. The Kier molecular flexibility index (Phi) is 7.13. The third kappa shape index (κ3) is 5.67. The van der Waals surface area contributed by atoms with Gasteiger partial charge in [0, 0.05) is 10.2 Å². The van der Waals surface area contributed by atoms with Gasteiger partial charge < -0.3 is 19.8 Å². The molecule has 0 spiro atoms. The summed E-state index contributed by atoms with van der Waals surface area (Å²) in [6.07, 6.45) is 1.68. The summed E-state index contributed by atoms with van der Waals surface area (Å²) < 4.78 is 24.7. The van der Waals surface area contributed by atoms with Gasteiger partial charge in [0.1, 0.15) is 17.7 Å². The average molecular weight is 535 g/mol. The van der Waals surface area contributed by atoms with Crippen LogP contribution in [0.3, 0.4) is 0 Å². The number of halogens is 2. The van der Waals surface area contributed by atoms with Gasteiger partial charge in [0.05, 0.1) is 23.7 Å². The maximum Gasteiger partial charge on any atom is 0.262 e. The van der Waals surface area contributed by atoms with Gasteiger partial charge in [-0.3, -0.25) is 4.79 Å². The van der Waals surface area contributed by atoms with Crippen LogP contribution in [0.5, 0.6) is 11.5 Å². The van der Waals surface area contributed by atoms with Crippen molar-refractivity contribution in [1.82, 2.24) is 9.97 Å². The summed E-state index contributed by atoms with van der Waals surface area (Å²) in [7, 11) is 1.48. The van der Waals surface area contributed by atoms with Crippen LogP contribution >= 0.6 is 15.9 Å². The van der Waals surface area contributed by atoms with Gasteiger partial charge in [0.15, 0.2) is 18.1 Å². The summed E-state index contributed by atoms with van der Waals surface area (Å²) >= 11 is 3.50. The molecule has 1 heterocycles. The molecule has 0 fully saturated rings. The van der Waals surface area contributed by atoms with Gasteiger partial charge in [-0.25, -0.2) is 9.37 Å². The Labute approximate surface area is 209 Å². The number of benzene rings is 3. The first-order valence-corrected chi connectivity index (χ1v) is 11.3. The number of nitrogens with one attached hydrogen (secondary N) is 2. The van der Waals surface area contributed by atoms with Gasteiger partial charge in [-0.15, -0.1) is 0 Å². The first-order valence-electron chi connectivity index (χ1n) is 10.5. The molecule has 0 bridgehead atoms. The summed E-state index contributed by atoms with van der Waals surface area (Å²) in [5.41, 5.74) is 4.17. The smallest absolute Gasteiger partial charge is 0.262 e. The minimum atomic E-state index is -0.411. The van der Waals surface area contributed by atoms with Crippen molar-refractivity contribution >= 4 is 50.2 Å². The molecule has 176 valence electrons. The Morgan fingerprint density at radius 1 is 1.20 bits per heavy atom. The van der Waals surface area contributed by atoms with E-state index in [1.54, 1.807) is 18.2 Å². The Morgan fingerprint density at radius 3 is 2.69 bits per heavy atom.